The Labute approximate surface area is 138 Å². The molecular weight excluding hydrogens is 310 g/mol. The summed E-state index contributed by atoms with van der Waals surface area (Å²) in [5.41, 5.74) is 3.42. The standard InChI is InChI=1S/C18H25NO3S/c1-4-15-16-9-12(2)5-6-17(16)22-18(15)13(3)19-10-14-7-8-23(20,21)11-14/h5-6,9,13-14,19H,4,7-8,10-11H2,1-3H3. The predicted molar refractivity (Wildman–Crippen MR) is 93.5 cm³/mol. The van der Waals surface area contributed by atoms with Crippen LogP contribution in [0.2, 0.25) is 0 Å². The summed E-state index contributed by atoms with van der Waals surface area (Å²) in [6.07, 6.45) is 1.69. The zero-order valence-electron chi connectivity index (χ0n) is 14.1. The lowest BCUT2D eigenvalue weighted by atomic mass is 10.0. The third-order valence-corrected chi connectivity index (χ3v) is 6.60. The number of nitrogens with one attached hydrogen (secondary N) is 1. The van der Waals surface area contributed by atoms with Gasteiger partial charge in [0.1, 0.15) is 11.3 Å². The number of rotatable bonds is 5. The molecule has 4 nitrogen and oxygen atoms in total. The first-order chi connectivity index (χ1) is 10.9. The molecule has 0 spiro atoms. The van der Waals surface area contributed by atoms with E-state index in [0.29, 0.717) is 11.5 Å². The lowest BCUT2D eigenvalue weighted by Gasteiger charge is -2.16. The molecule has 1 N–H and O–H groups in total. The van der Waals surface area contributed by atoms with E-state index in [1.54, 1.807) is 0 Å². The second-order valence-electron chi connectivity index (χ2n) is 6.70. The lowest BCUT2D eigenvalue weighted by molar-refractivity contribution is 0.415. The first kappa shape index (κ1) is 16.5. The maximum absolute atomic E-state index is 11.6. The maximum atomic E-state index is 11.6. The van der Waals surface area contributed by atoms with Crippen LogP contribution in [0, 0.1) is 12.8 Å². The van der Waals surface area contributed by atoms with Gasteiger partial charge in [-0.25, -0.2) is 8.42 Å². The van der Waals surface area contributed by atoms with E-state index >= 15 is 0 Å². The highest BCUT2D eigenvalue weighted by Gasteiger charge is 2.28. The Hall–Kier alpha value is -1.33. The van der Waals surface area contributed by atoms with Crippen LogP contribution in [0.5, 0.6) is 0 Å². The smallest absolute Gasteiger partial charge is 0.150 e. The molecule has 1 aromatic heterocycles. The molecule has 3 rings (SSSR count). The van der Waals surface area contributed by atoms with Crippen LogP contribution in [-0.2, 0) is 16.3 Å². The highest BCUT2D eigenvalue weighted by molar-refractivity contribution is 7.91. The van der Waals surface area contributed by atoms with Gasteiger partial charge in [-0.1, -0.05) is 18.6 Å². The van der Waals surface area contributed by atoms with Crippen LogP contribution in [0.1, 0.15) is 43.2 Å². The summed E-state index contributed by atoms with van der Waals surface area (Å²) in [4.78, 5) is 0. The minimum atomic E-state index is -2.81. The first-order valence-corrected chi connectivity index (χ1v) is 10.2. The number of hydrogen-bond donors (Lipinski definition) is 1. The van der Waals surface area contributed by atoms with Crippen LogP contribution in [0.4, 0.5) is 0 Å². The summed E-state index contributed by atoms with van der Waals surface area (Å²) in [6, 6.07) is 6.36. The molecule has 2 unspecified atom stereocenters. The van der Waals surface area contributed by atoms with E-state index in [4.69, 9.17) is 4.42 Å². The summed E-state index contributed by atoms with van der Waals surface area (Å²) in [6.45, 7) is 7.05. The molecule has 23 heavy (non-hydrogen) atoms. The fraction of sp³-hybridized carbons (Fsp3) is 0.556. The van der Waals surface area contributed by atoms with Gasteiger partial charge in [-0.05, 0) is 51.3 Å². The molecule has 126 valence electrons. The zero-order valence-corrected chi connectivity index (χ0v) is 14.9. The van der Waals surface area contributed by atoms with Gasteiger partial charge in [0, 0.05) is 10.9 Å². The maximum Gasteiger partial charge on any atom is 0.150 e. The highest BCUT2D eigenvalue weighted by atomic mass is 32.2. The second kappa shape index (κ2) is 6.29. The summed E-state index contributed by atoms with van der Waals surface area (Å²) in [5, 5.41) is 4.66. The molecule has 2 atom stereocenters. The number of aryl methyl sites for hydroxylation is 2. The largest absolute Gasteiger partial charge is 0.459 e. The number of fused-ring (bicyclic) bond motifs is 1. The minimum Gasteiger partial charge on any atom is -0.459 e. The summed E-state index contributed by atoms with van der Waals surface area (Å²) < 4.78 is 29.2. The van der Waals surface area contributed by atoms with Gasteiger partial charge in [-0.15, -0.1) is 0 Å². The van der Waals surface area contributed by atoms with Gasteiger partial charge >= 0.3 is 0 Å². The third kappa shape index (κ3) is 3.45. The number of hydrogen-bond acceptors (Lipinski definition) is 4. The molecule has 1 aromatic carbocycles. The molecule has 1 aliphatic heterocycles. The lowest BCUT2D eigenvalue weighted by Crippen LogP contribution is -2.26. The first-order valence-electron chi connectivity index (χ1n) is 8.35. The number of sulfone groups is 1. The molecule has 2 heterocycles. The Kier molecular flexibility index (Phi) is 4.52. The molecule has 1 fully saturated rings. The molecule has 0 bridgehead atoms. The van der Waals surface area contributed by atoms with E-state index in [0.717, 1.165) is 30.7 Å². The average molecular weight is 335 g/mol. The van der Waals surface area contributed by atoms with Crippen LogP contribution < -0.4 is 5.32 Å². The number of furan rings is 1. The van der Waals surface area contributed by atoms with Gasteiger partial charge in [0.15, 0.2) is 9.84 Å². The van der Waals surface area contributed by atoms with Crippen molar-refractivity contribution in [3.05, 3.63) is 35.1 Å². The molecule has 1 aliphatic rings. The van der Waals surface area contributed by atoms with Crippen molar-refractivity contribution < 1.29 is 12.8 Å². The topological polar surface area (TPSA) is 59.3 Å². The summed E-state index contributed by atoms with van der Waals surface area (Å²) in [5.74, 6) is 1.85. The van der Waals surface area contributed by atoms with Crippen molar-refractivity contribution in [2.24, 2.45) is 5.92 Å². The van der Waals surface area contributed by atoms with Gasteiger partial charge in [-0.2, -0.15) is 0 Å². The fourth-order valence-electron chi connectivity index (χ4n) is 3.46. The van der Waals surface area contributed by atoms with Crippen molar-refractivity contribution >= 4 is 20.8 Å². The summed E-state index contributed by atoms with van der Waals surface area (Å²) in [7, 11) is -2.81. The monoisotopic (exact) mass is 335 g/mol. The van der Waals surface area contributed by atoms with Gasteiger partial charge in [0.25, 0.3) is 0 Å². The van der Waals surface area contributed by atoms with E-state index in [-0.39, 0.29) is 12.0 Å². The van der Waals surface area contributed by atoms with Crippen molar-refractivity contribution in [3.63, 3.8) is 0 Å². The average Bonchev–Trinajstić information content (AvgIpc) is 3.04. The van der Waals surface area contributed by atoms with Crippen molar-refractivity contribution in [1.82, 2.24) is 5.32 Å². The molecule has 0 aliphatic carbocycles. The Balaban J connectivity index is 1.77. The van der Waals surface area contributed by atoms with Crippen LogP contribution in [-0.4, -0.2) is 26.5 Å². The fourth-order valence-corrected chi connectivity index (χ4v) is 5.33. The minimum absolute atomic E-state index is 0.0842. The molecule has 1 saturated heterocycles. The normalized spacial score (nSPS) is 21.8. The van der Waals surface area contributed by atoms with Gasteiger partial charge in [-0.3, -0.25) is 0 Å². The Bertz CT molecular complexity index is 807. The Morgan fingerprint density at radius 1 is 1.39 bits per heavy atom. The second-order valence-corrected chi connectivity index (χ2v) is 8.93. The predicted octanol–water partition coefficient (Wildman–Crippen LogP) is 3.39. The van der Waals surface area contributed by atoms with Crippen LogP contribution in [0.25, 0.3) is 11.0 Å². The SMILES string of the molecule is CCc1c(C(C)NCC2CCS(=O)(=O)C2)oc2ccc(C)cc12. The van der Waals surface area contributed by atoms with E-state index in [1.165, 1.54) is 16.5 Å². The van der Waals surface area contributed by atoms with Crippen LogP contribution in [0.3, 0.4) is 0 Å². The molecule has 5 heteroatoms. The summed E-state index contributed by atoms with van der Waals surface area (Å²) >= 11 is 0. The molecule has 0 radical (unpaired) electrons. The number of benzene rings is 1. The molecule has 2 aromatic rings. The van der Waals surface area contributed by atoms with Crippen molar-refractivity contribution in [3.8, 4) is 0 Å². The third-order valence-electron chi connectivity index (χ3n) is 4.76. The Morgan fingerprint density at radius 3 is 2.83 bits per heavy atom. The molecule has 0 saturated carbocycles. The van der Waals surface area contributed by atoms with Crippen molar-refractivity contribution in [2.45, 2.75) is 39.7 Å². The van der Waals surface area contributed by atoms with E-state index in [9.17, 15) is 8.42 Å². The van der Waals surface area contributed by atoms with E-state index in [1.807, 2.05) is 6.07 Å². The van der Waals surface area contributed by atoms with E-state index < -0.39 is 9.84 Å². The Morgan fingerprint density at radius 2 is 2.17 bits per heavy atom. The molecule has 0 amide bonds. The van der Waals surface area contributed by atoms with Gasteiger partial charge in [0.2, 0.25) is 0 Å². The van der Waals surface area contributed by atoms with Crippen LogP contribution in [0.15, 0.2) is 22.6 Å². The van der Waals surface area contributed by atoms with Gasteiger partial charge < -0.3 is 9.73 Å². The zero-order chi connectivity index (χ0) is 16.6. The van der Waals surface area contributed by atoms with Crippen molar-refractivity contribution in [2.75, 3.05) is 18.1 Å². The highest BCUT2D eigenvalue weighted by Crippen LogP contribution is 2.31. The quantitative estimate of drug-likeness (QED) is 0.910. The molecular formula is C18H25NO3S. The van der Waals surface area contributed by atoms with Gasteiger partial charge in [0.05, 0.1) is 17.5 Å². The van der Waals surface area contributed by atoms with Crippen molar-refractivity contribution in [1.29, 1.82) is 0 Å². The van der Waals surface area contributed by atoms with E-state index in [2.05, 4.69) is 38.2 Å². The van der Waals surface area contributed by atoms with Crippen LogP contribution >= 0.6 is 0 Å².